The fourth-order valence-electron chi connectivity index (χ4n) is 3.50. The molecule has 0 saturated carbocycles. The molecule has 0 radical (unpaired) electrons. The summed E-state index contributed by atoms with van der Waals surface area (Å²) in [6, 6.07) is 11.3. The molecule has 0 aromatic carbocycles. The van der Waals surface area contributed by atoms with Crippen LogP contribution >= 0.6 is 23.2 Å². The topological polar surface area (TPSA) is 69.4 Å². The predicted octanol–water partition coefficient (Wildman–Crippen LogP) is 5.46. The number of aryl methyl sites for hydroxylation is 1. The molecular weight excluding hydrogens is 419 g/mol. The zero-order chi connectivity index (χ0) is 20.7. The summed E-state index contributed by atoms with van der Waals surface area (Å²) in [6.45, 7) is 0. The molecule has 0 aliphatic rings. The van der Waals surface area contributed by atoms with Gasteiger partial charge in [0.05, 0.1) is 5.69 Å². The molecule has 0 amide bonds. The Hall–Kier alpha value is -3.35. The summed E-state index contributed by atoms with van der Waals surface area (Å²) in [7, 11) is 1.88. The quantitative estimate of drug-likeness (QED) is 0.354. The molecule has 0 aliphatic carbocycles. The van der Waals surface area contributed by atoms with E-state index in [1.54, 1.807) is 41.6 Å². The Balaban J connectivity index is 1.94. The van der Waals surface area contributed by atoms with Crippen molar-refractivity contribution in [1.82, 2.24) is 29.7 Å². The molecule has 0 unspecified atom stereocenters. The Morgan fingerprint density at radius 3 is 2.07 bits per heavy atom. The molecule has 30 heavy (non-hydrogen) atoms. The lowest BCUT2D eigenvalue weighted by Crippen LogP contribution is -1.97. The summed E-state index contributed by atoms with van der Waals surface area (Å²) in [5, 5.41) is 6.33. The number of hydrogen-bond acceptors (Lipinski definition) is 5. The maximum atomic E-state index is 6.05. The minimum Gasteiger partial charge on any atom is -0.273 e. The highest BCUT2D eigenvalue weighted by molar-refractivity contribution is 6.29. The minimum atomic E-state index is 0.422. The van der Waals surface area contributed by atoms with Crippen LogP contribution in [0.1, 0.15) is 0 Å². The Bertz CT molecular complexity index is 1350. The van der Waals surface area contributed by atoms with E-state index in [1.807, 2.05) is 37.5 Å². The van der Waals surface area contributed by atoms with Gasteiger partial charge in [0.15, 0.2) is 5.65 Å². The normalized spacial score (nSPS) is 11.2. The number of fused-ring (bicyclic) bond motifs is 1. The van der Waals surface area contributed by atoms with Crippen LogP contribution in [0.4, 0.5) is 0 Å². The fraction of sp³-hybridized carbons (Fsp3) is 0.0455. The van der Waals surface area contributed by atoms with Gasteiger partial charge in [0, 0.05) is 65.7 Å². The lowest BCUT2D eigenvalue weighted by molar-refractivity contribution is 0.776. The highest BCUT2D eigenvalue weighted by Crippen LogP contribution is 2.42. The number of pyridine rings is 4. The molecule has 146 valence electrons. The second-order valence-corrected chi connectivity index (χ2v) is 7.50. The number of rotatable bonds is 3. The van der Waals surface area contributed by atoms with Gasteiger partial charge in [-0.15, -0.1) is 0 Å². The smallest absolute Gasteiger partial charge is 0.182 e. The van der Waals surface area contributed by atoms with Crippen LogP contribution in [-0.4, -0.2) is 29.7 Å². The molecule has 6 nitrogen and oxygen atoms in total. The van der Waals surface area contributed by atoms with Gasteiger partial charge in [-0.1, -0.05) is 23.2 Å². The molecule has 5 aromatic heterocycles. The lowest BCUT2D eigenvalue weighted by atomic mass is 9.91. The maximum Gasteiger partial charge on any atom is 0.182 e. The van der Waals surface area contributed by atoms with Crippen molar-refractivity contribution in [2.45, 2.75) is 0 Å². The molecule has 0 fully saturated rings. The van der Waals surface area contributed by atoms with Crippen molar-refractivity contribution in [3.63, 3.8) is 0 Å². The minimum absolute atomic E-state index is 0.422. The first kappa shape index (κ1) is 18.7. The second kappa shape index (κ2) is 7.48. The van der Waals surface area contributed by atoms with E-state index in [9.17, 15) is 0 Å². The average molecular weight is 433 g/mol. The highest BCUT2D eigenvalue weighted by atomic mass is 35.5. The molecule has 0 bridgehead atoms. The van der Waals surface area contributed by atoms with Crippen molar-refractivity contribution in [2.75, 3.05) is 0 Å². The first-order valence-corrected chi connectivity index (χ1v) is 9.87. The molecule has 0 N–H and O–H groups in total. The van der Waals surface area contributed by atoms with Crippen LogP contribution in [0.15, 0.2) is 67.4 Å². The summed E-state index contributed by atoms with van der Waals surface area (Å²) in [5.41, 5.74) is 6.00. The van der Waals surface area contributed by atoms with E-state index in [1.165, 1.54) is 0 Å². The van der Waals surface area contributed by atoms with Gasteiger partial charge in [-0.3, -0.25) is 9.67 Å². The summed E-state index contributed by atoms with van der Waals surface area (Å²) in [4.78, 5) is 17.6. The van der Waals surface area contributed by atoms with Gasteiger partial charge in [0.2, 0.25) is 0 Å². The first-order chi connectivity index (χ1) is 14.6. The maximum absolute atomic E-state index is 6.05. The van der Waals surface area contributed by atoms with Gasteiger partial charge in [-0.2, -0.15) is 5.10 Å². The largest absolute Gasteiger partial charge is 0.273 e. The molecule has 5 aromatic rings. The fourth-order valence-corrected chi connectivity index (χ4v) is 3.72. The molecule has 0 spiro atoms. The zero-order valence-electron chi connectivity index (χ0n) is 15.8. The Morgan fingerprint density at radius 2 is 1.43 bits per heavy atom. The van der Waals surface area contributed by atoms with Gasteiger partial charge in [0.25, 0.3) is 0 Å². The van der Waals surface area contributed by atoms with Crippen molar-refractivity contribution in [2.24, 2.45) is 7.05 Å². The third-order valence-electron chi connectivity index (χ3n) is 4.77. The van der Waals surface area contributed by atoms with Crippen molar-refractivity contribution in [3.05, 3.63) is 77.7 Å². The van der Waals surface area contributed by atoms with Gasteiger partial charge in [-0.25, -0.2) is 15.0 Å². The van der Waals surface area contributed by atoms with Crippen LogP contribution in [0.5, 0.6) is 0 Å². The number of aromatic nitrogens is 6. The Morgan fingerprint density at radius 1 is 0.767 bits per heavy atom. The van der Waals surface area contributed by atoms with E-state index in [-0.39, 0.29) is 0 Å². The van der Waals surface area contributed by atoms with E-state index in [4.69, 9.17) is 28.2 Å². The van der Waals surface area contributed by atoms with Gasteiger partial charge in [0.1, 0.15) is 10.3 Å². The summed E-state index contributed by atoms with van der Waals surface area (Å²) < 4.78 is 1.75. The van der Waals surface area contributed by atoms with Crippen LogP contribution in [-0.2, 0) is 7.05 Å². The monoisotopic (exact) mass is 432 g/mol. The molecular formula is C22H14Cl2N6. The van der Waals surface area contributed by atoms with E-state index in [2.05, 4.69) is 20.1 Å². The molecule has 8 heteroatoms. The summed E-state index contributed by atoms with van der Waals surface area (Å²) >= 11 is 12.1. The third-order valence-corrected chi connectivity index (χ3v) is 5.22. The number of nitrogens with zero attached hydrogens (tertiary/aromatic N) is 6. The van der Waals surface area contributed by atoms with Crippen LogP contribution in [0.3, 0.4) is 0 Å². The standard InChI is InChI=1S/C22H14Cl2N6/c1-30-12-16-19(14-2-4-17(23)26-10-14)20(13-6-8-25-9-7-13)21(28-22(16)29-30)15-3-5-18(24)27-11-15/h2-12H,1H3. The highest BCUT2D eigenvalue weighted by Gasteiger charge is 2.21. The Kier molecular flexibility index (Phi) is 4.65. The van der Waals surface area contributed by atoms with Gasteiger partial charge >= 0.3 is 0 Å². The average Bonchev–Trinajstić information content (AvgIpc) is 3.14. The van der Waals surface area contributed by atoms with Crippen molar-refractivity contribution < 1.29 is 0 Å². The summed E-state index contributed by atoms with van der Waals surface area (Å²) in [6.07, 6.45) is 8.96. The van der Waals surface area contributed by atoms with Gasteiger partial charge < -0.3 is 0 Å². The molecule has 0 aliphatic heterocycles. The van der Waals surface area contributed by atoms with E-state index < -0.39 is 0 Å². The number of hydrogen-bond donors (Lipinski definition) is 0. The van der Waals surface area contributed by atoms with E-state index in [0.717, 1.165) is 38.9 Å². The van der Waals surface area contributed by atoms with E-state index >= 15 is 0 Å². The van der Waals surface area contributed by atoms with Crippen molar-refractivity contribution in [1.29, 1.82) is 0 Å². The second-order valence-electron chi connectivity index (χ2n) is 6.73. The van der Waals surface area contributed by atoms with Gasteiger partial charge in [-0.05, 0) is 42.0 Å². The first-order valence-electron chi connectivity index (χ1n) is 9.12. The molecule has 0 saturated heterocycles. The SMILES string of the molecule is Cn1cc2c(-c3ccc(Cl)nc3)c(-c3ccncc3)c(-c3ccc(Cl)nc3)nc2n1. The predicted molar refractivity (Wildman–Crippen MR) is 118 cm³/mol. The zero-order valence-corrected chi connectivity index (χ0v) is 17.3. The molecule has 0 atom stereocenters. The van der Waals surface area contributed by atoms with Crippen LogP contribution in [0.2, 0.25) is 10.3 Å². The molecule has 5 heterocycles. The van der Waals surface area contributed by atoms with Crippen LogP contribution in [0.25, 0.3) is 44.5 Å². The number of halogens is 2. The van der Waals surface area contributed by atoms with Crippen molar-refractivity contribution in [3.8, 4) is 33.5 Å². The Labute approximate surface area is 182 Å². The molecule has 5 rings (SSSR count). The van der Waals surface area contributed by atoms with Crippen LogP contribution < -0.4 is 0 Å². The summed E-state index contributed by atoms with van der Waals surface area (Å²) in [5.74, 6) is 0. The third kappa shape index (κ3) is 3.30. The van der Waals surface area contributed by atoms with Crippen molar-refractivity contribution >= 4 is 34.2 Å². The lowest BCUT2D eigenvalue weighted by Gasteiger charge is -2.16. The van der Waals surface area contributed by atoms with E-state index in [0.29, 0.717) is 16.0 Å². The van der Waals surface area contributed by atoms with Crippen LogP contribution in [0, 0.1) is 0 Å².